The molecule has 2 aromatic rings. The van der Waals surface area contributed by atoms with E-state index in [2.05, 4.69) is 27.4 Å². The first kappa shape index (κ1) is 16.7. The summed E-state index contributed by atoms with van der Waals surface area (Å²) in [5, 5.41) is 2.95. The Balaban J connectivity index is 2.38. The number of aliphatic imine (C=N–C) groups is 1. The first-order valence-corrected chi connectivity index (χ1v) is 7.54. The zero-order chi connectivity index (χ0) is 16.7. The Hall–Kier alpha value is -2.69. The molecule has 0 amide bonds. The molecule has 0 unspecified atom stereocenters. The summed E-state index contributed by atoms with van der Waals surface area (Å²) in [4.78, 5) is 20.6. The first-order chi connectivity index (χ1) is 11.2. The van der Waals surface area contributed by atoms with Crippen molar-refractivity contribution >= 4 is 18.1 Å². The van der Waals surface area contributed by atoms with Crippen LogP contribution in [0.3, 0.4) is 0 Å². The summed E-state index contributed by atoms with van der Waals surface area (Å²) in [7, 11) is 1.65. The van der Waals surface area contributed by atoms with Gasteiger partial charge in [0.2, 0.25) is 0 Å². The van der Waals surface area contributed by atoms with Crippen LogP contribution in [0.4, 0.5) is 5.82 Å². The molecule has 5 nitrogen and oxygen atoms in total. The van der Waals surface area contributed by atoms with Crippen LogP contribution in [0.25, 0.3) is 0 Å². The quantitative estimate of drug-likeness (QED) is 0.505. The van der Waals surface area contributed by atoms with Crippen molar-refractivity contribution in [3.05, 3.63) is 58.8 Å². The number of pyridine rings is 1. The van der Waals surface area contributed by atoms with Gasteiger partial charge in [-0.3, -0.25) is 4.99 Å². The molecule has 0 aliphatic carbocycles. The van der Waals surface area contributed by atoms with Crippen LogP contribution in [-0.2, 0) is 11.2 Å². The normalized spacial score (nSPS) is 10.7. The molecule has 23 heavy (non-hydrogen) atoms. The average molecular weight is 311 g/mol. The first-order valence-electron chi connectivity index (χ1n) is 7.54. The van der Waals surface area contributed by atoms with Crippen LogP contribution in [0.1, 0.15) is 34.1 Å². The van der Waals surface area contributed by atoms with E-state index in [4.69, 9.17) is 4.74 Å². The zero-order valence-corrected chi connectivity index (χ0v) is 13.7. The van der Waals surface area contributed by atoms with Crippen LogP contribution in [0.5, 0.6) is 0 Å². The molecule has 5 heteroatoms. The number of aromatic nitrogens is 1. The number of benzene rings is 1. The van der Waals surface area contributed by atoms with Gasteiger partial charge in [-0.05, 0) is 31.0 Å². The predicted octanol–water partition coefficient (Wildman–Crippen LogP) is 3.23. The van der Waals surface area contributed by atoms with Crippen molar-refractivity contribution in [2.75, 3.05) is 19.0 Å². The van der Waals surface area contributed by atoms with E-state index in [1.165, 1.54) is 11.9 Å². The summed E-state index contributed by atoms with van der Waals surface area (Å²) in [6.07, 6.45) is 2.21. The molecule has 1 aromatic carbocycles. The topological polar surface area (TPSA) is 63.6 Å². The molecule has 120 valence electrons. The molecule has 0 aliphatic rings. The van der Waals surface area contributed by atoms with Crippen LogP contribution < -0.4 is 5.32 Å². The third-order valence-corrected chi connectivity index (χ3v) is 3.36. The van der Waals surface area contributed by atoms with Crippen molar-refractivity contribution in [3.63, 3.8) is 0 Å². The highest BCUT2D eigenvalue weighted by molar-refractivity contribution is 5.97. The van der Waals surface area contributed by atoms with Gasteiger partial charge in [-0.25, -0.2) is 9.78 Å². The minimum atomic E-state index is -0.388. The molecular weight excluding hydrogens is 290 g/mol. The Kier molecular flexibility index (Phi) is 5.86. The second-order valence-corrected chi connectivity index (χ2v) is 5.06. The second-order valence-electron chi connectivity index (χ2n) is 5.06. The monoisotopic (exact) mass is 311 g/mol. The van der Waals surface area contributed by atoms with Crippen LogP contribution in [-0.4, -0.2) is 30.9 Å². The van der Waals surface area contributed by atoms with E-state index in [0.717, 1.165) is 11.3 Å². The number of esters is 1. The van der Waals surface area contributed by atoms with Gasteiger partial charge in [0.05, 0.1) is 18.6 Å². The third kappa shape index (κ3) is 4.39. The molecular formula is C18H21N3O2. The van der Waals surface area contributed by atoms with Crippen LogP contribution in [0.15, 0.2) is 41.4 Å². The maximum Gasteiger partial charge on any atom is 0.341 e. The van der Waals surface area contributed by atoms with Crippen LogP contribution in [0.2, 0.25) is 0 Å². The minimum Gasteiger partial charge on any atom is -0.462 e. The Morgan fingerprint density at radius 2 is 2.09 bits per heavy atom. The number of anilines is 1. The predicted molar refractivity (Wildman–Crippen MR) is 92.2 cm³/mol. The number of rotatable bonds is 6. The van der Waals surface area contributed by atoms with E-state index >= 15 is 0 Å². The van der Waals surface area contributed by atoms with Gasteiger partial charge in [0.25, 0.3) is 0 Å². The average Bonchev–Trinajstić information content (AvgIpc) is 2.56. The maximum absolute atomic E-state index is 12.1. The smallest absolute Gasteiger partial charge is 0.341 e. The lowest BCUT2D eigenvalue weighted by Crippen LogP contribution is -2.13. The van der Waals surface area contributed by atoms with Gasteiger partial charge in [-0.2, -0.15) is 0 Å². The highest BCUT2D eigenvalue weighted by atomic mass is 16.5. The van der Waals surface area contributed by atoms with Crippen molar-refractivity contribution in [2.24, 2.45) is 4.99 Å². The molecule has 1 aromatic heterocycles. The Morgan fingerprint density at radius 3 is 2.74 bits per heavy atom. The van der Waals surface area contributed by atoms with Gasteiger partial charge in [0.1, 0.15) is 11.4 Å². The van der Waals surface area contributed by atoms with E-state index in [0.29, 0.717) is 24.4 Å². The molecule has 0 radical (unpaired) electrons. The van der Waals surface area contributed by atoms with Crippen molar-refractivity contribution in [1.82, 2.24) is 4.98 Å². The van der Waals surface area contributed by atoms with E-state index < -0.39 is 0 Å². The van der Waals surface area contributed by atoms with E-state index in [1.807, 2.05) is 31.2 Å². The standard InChI is InChI=1S/C18H21N3O2/c1-4-23-18(22)15-10-13(2)16(21-17(15)20-12-19-3)11-14-8-6-5-7-9-14/h5-10,12H,4,11H2,1-3H3,(H,19,20,21). The highest BCUT2D eigenvalue weighted by Crippen LogP contribution is 2.20. The minimum absolute atomic E-state index is 0.324. The molecule has 1 N–H and O–H groups in total. The molecule has 0 spiro atoms. The number of carbonyl (C=O) groups excluding carboxylic acids is 1. The molecule has 0 saturated carbocycles. The number of hydrogen-bond donors (Lipinski definition) is 1. The van der Waals surface area contributed by atoms with Gasteiger partial charge < -0.3 is 10.1 Å². The van der Waals surface area contributed by atoms with Crippen molar-refractivity contribution in [3.8, 4) is 0 Å². The van der Waals surface area contributed by atoms with Crippen molar-refractivity contribution in [2.45, 2.75) is 20.3 Å². The fourth-order valence-corrected chi connectivity index (χ4v) is 2.22. The van der Waals surface area contributed by atoms with Gasteiger partial charge in [0.15, 0.2) is 0 Å². The lowest BCUT2D eigenvalue weighted by Gasteiger charge is -2.12. The van der Waals surface area contributed by atoms with Gasteiger partial charge in [0, 0.05) is 13.5 Å². The summed E-state index contributed by atoms with van der Waals surface area (Å²) in [6, 6.07) is 11.9. The Bertz CT molecular complexity index is 697. The number of ether oxygens (including phenoxy) is 1. The summed E-state index contributed by atoms with van der Waals surface area (Å²) in [5.74, 6) is 0.0759. The number of hydrogen-bond acceptors (Lipinski definition) is 4. The molecule has 1 heterocycles. The van der Waals surface area contributed by atoms with Gasteiger partial charge in [-0.15, -0.1) is 0 Å². The van der Waals surface area contributed by atoms with E-state index in [9.17, 15) is 4.79 Å². The fourth-order valence-electron chi connectivity index (χ4n) is 2.22. The highest BCUT2D eigenvalue weighted by Gasteiger charge is 2.16. The zero-order valence-electron chi connectivity index (χ0n) is 13.7. The van der Waals surface area contributed by atoms with E-state index in [-0.39, 0.29) is 5.97 Å². The number of nitrogens with one attached hydrogen (secondary N) is 1. The summed E-state index contributed by atoms with van der Waals surface area (Å²) < 4.78 is 5.10. The van der Waals surface area contributed by atoms with E-state index in [1.54, 1.807) is 14.0 Å². The number of nitrogens with zero attached hydrogens (tertiary/aromatic N) is 2. The van der Waals surface area contributed by atoms with Crippen molar-refractivity contribution < 1.29 is 9.53 Å². The largest absolute Gasteiger partial charge is 0.462 e. The summed E-state index contributed by atoms with van der Waals surface area (Å²) in [6.45, 7) is 4.05. The second kappa shape index (κ2) is 8.08. The Labute approximate surface area is 136 Å². The molecule has 0 bridgehead atoms. The fraction of sp³-hybridized carbons (Fsp3) is 0.278. The summed E-state index contributed by atoms with van der Waals surface area (Å²) >= 11 is 0. The molecule has 2 rings (SSSR count). The van der Waals surface area contributed by atoms with Gasteiger partial charge in [-0.1, -0.05) is 30.3 Å². The number of carbonyl (C=O) groups is 1. The summed E-state index contributed by atoms with van der Waals surface area (Å²) in [5.41, 5.74) is 3.45. The lowest BCUT2D eigenvalue weighted by atomic mass is 10.0. The third-order valence-electron chi connectivity index (χ3n) is 3.36. The molecule has 0 saturated heterocycles. The molecule has 0 fully saturated rings. The van der Waals surface area contributed by atoms with Crippen LogP contribution in [0, 0.1) is 6.92 Å². The van der Waals surface area contributed by atoms with Crippen LogP contribution >= 0.6 is 0 Å². The molecule has 0 aliphatic heterocycles. The number of aryl methyl sites for hydroxylation is 1. The lowest BCUT2D eigenvalue weighted by molar-refractivity contribution is 0.0527. The maximum atomic E-state index is 12.1. The Morgan fingerprint density at radius 1 is 1.35 bits per heavy atom. The van der Waals surface area contributed by atoms with Gasteiger partial charge >= 0.3 is 5.97 Å². The SMILES string of the molecule is CCOC(=O)c1cc(C)c(Cc2ccccc2)nc1NC=NC. The van der Waals surface area contributed by atoms with Crippen molar-refractivity contribution in [1.29, 1.82) is 0 Å². The molecule has 0 atom stereocenters.